The summed E-state index contributed by atoms with van der Waals surface area (Å²) >= 11 is 0. The van der Waals surface area contributed by atoms with E-state index in [4.69, 9.17) is 15.3 Å². The molecular weight excluding hydrogens is 176 g/mol. The quantitative estimate of drug-likeness (QED) is 0.337. The SMILES string of the molecule is [CH2]CCC(O)C(O)C(O)C(O)CO. The summed E-state index contributed by atoms with van der Waals surface area (Å²) in [5.41, 5.74) is 0. The Morgan fingerprint density at radius 3 is 1.77 bits per heavy atom. The molecule has 1 radical (unpaired) electrons. The molecule has 13 heavy (non-hydrogen) atoms. The molecule has 0 aliphatic heterocycles. The van der Waals surface area contributed by atoms with E-state index < -0.39 is 31.0 Å². The standard InChI is InChI=1S/C8H17O5/c1-2-3-5(10)7(12)8(13)6(11)4-9/h5-13H,1-4H2. The van der Waals surface area contributed by atoms with Crippen LogP contribution in [-0.4, -0.2) is 56.6 Å². The molecule has 5 heteroatoms. The molecule has 0 saturated carbocycles. The normalized spacial score (nSPS) is 20.8. The Labute approximate surface area is 77.3 Å². The summed E-state index contributed by atoms with van der Waals surface area (Å²) in [6.07, 6.45) is -4.91. The second-order valence-electron chi connectivity index (χ2n) is 2.94. The van der Waals surface area contributed by atoms with Gasteiger partial charge in [0.1, 0.15) is 18.3 Å². The van der Waals surface area contributed by atoms with Gasteiger partial charge in [-0.3, -0.25) is 0 Å². The Bertz CT molecular complexity index is 130. The molecule has 0 rings (SSSR count). The molecule has 0 bridgehead atoms. The Balaban J connectivity index is 3.99. The molecule has 0 aromatic rings. The van der Waals surface area contributed by atoms with Crippen LogP contribution in [-0.2, 0) is 0 Å². The van der Waals surface area contributed by atoms with E-state index in [9.17, 15) is 10.2 Å². The number of hydrogen-bond acceptors (Lipinski definition) is 5. The van der Waals surface area contributed by atoms with Crippen LogP contribution in [0, 0.1) is 6.92 Å². The highest BCUT2D eigenvalue weighted by atomic mass is 16.4. The van der Waals surface area contributed by atoms with E-state index in [1.807, 2.05) is 0 Å². The first-order valence-electron chi connectivity index (χ1n) is 4.17. The molecule has 0 amide bonds. The van der Waals surface area contributed by atoms with E-state index >= 15 is 0 Å². The van der Waals surface area contributed by atoms with Crippen LogP contribution in [0.4, 0.5) is 0 Å². The average molecular weight is 193 g/mol. The lowest BCUT2D eigenvalue weighted by Crippen LogP contribution is -2.45. The van der Waals surface area contributed by atoms with Crippen molar-refractivity contribution in [3.05, 3.63) is 6.92 Å². The number of hydrogen-bond donors (Lipinski definition) is 5. The van der Waals surface area contributed by atoms with Gasteiger partial charge in [0, 0.05) is 0 Å². The molecule has 0 aromatic carbocycles. The first-order valence-corrected chi connectivity index (χ1v) is 4.17. The van der Waals surface area contributed by atoms with Gasteiger partial charge in [0.15, 0.2) is 0 Å². The molecule has 4 unspecified atom stereocenters. The third-order valence-electron chi connectivity index (χ3n) is 1.83. The maximum absolute atomic E-state index is 9.22. The van der Waals surface area contributed by atoms with Gasteiger partial charge in [0.25, 0.3) is 0 Å². The number of rotatable bonds is 6. The van der Waals surface area contributed by atoms with Crippen LogP contribution in [0.15, 0.2) is 0 Å². The molecule has 0 saturated heterocycles. The van der Waals surface area contributed by atoms with Crippen molar-refractivity contribution >= 4 is 0 Å². The predicted octanol–water partition coefficient (Wildman–Crippen LogP) is -1.96. The molecule has 4 atom stereocenters. The van der Waals surface area contributed by atoms with Crippen molar-refractivity contribution in [2.24, 2.45) is 0 Å². The van der Waals surface area contributed by atoms with Gasteiger partial charge in [-0.2, -0.15) is 0 Å². The van der Waals surface area contributed by atoms with E-state index in [-0.39, 0.29) is 6.42 Å². The molecular formula is C8H17O5. The van der Waals surface area contributed by atoms with Gasteiger partial charge in [-0.25, -0.2) is 0 Å². The van der Waals surface area contributed by atoms with Gasteiger partial charge in [0.2, 0.25) is 0 Å². The van der Waals surface area contributed by atoms with Crippen molar-refractivity contribution in [1.82, 2.24) is 0 Å². The second kappa shape index (κ2) is 6.28. The topological polar surface area (TPSA) is 101 Å². The van der Waals surface area contributed by atoms with Crippen molar-refractivity contribution in [1.29, 1.82) is 0 Å². The van der Waals surface area contributed by atoms with Crippen molar-refractivity contribution in [3.8, 4) is 0 Å². The van der Waals surface area contributed by atoms with Crippen LogP contribution >= 0.6 is 0 Å². The van der Waals surface area contributed by atoms with Crippen molar-refractivity contribution < 1.29 is 25.5 Å². The van der Waals surface area contributed by atoms with Crippen molar-refractivity contribution in [2.75, 3.05) is 6.61 Å². The lowest BCUT2D eigenvalue weighted by atomic mass is 10.0. The zero-order valence-electron chi connectivity index (χ0n) is 7.37. The minimum atomic E-state index is -1.54. The number of aliphatic hydroxyl groups excluding tert-OH is 5. The van der Waals surface area contributed by atoms with Gasteiger partial charge < -0.3 is 25.5 Å². The van der Waals surface area contributed by atoms with Crippen molar-refractivity contribution in [3.63, 3.8) is 0 Å². The largest absolute Gasteiger partial charge is 0.394 e. The molecule has 0 aromatic heterocycles. The summed E-state index contributed by atoms with van der Waals surface area (Å²) in [7, 11) is 0. The highest BCUT2D eigenvalue weighted by molar-refractivity contribution is 4.80. The summed E-state index contributed by atoms with van der Waals surface area (Å²) in [4.78, 5) is 0. The van der Waals surface area contributed by atoms with Crippen LogP contribution in [0.3, 0.4) is 0 Å². The van der Waals surface area contributed by atoms with E-state index in [1.54, 1.807) is 0 Å². The summed E-state index contributed by atoms with van der Waals surface area (Å²) in [5.74, 6) is 0. The maximum Gasteiger partial charge on any atom is 0.110 e. The number of aliphatic hydroxyl groups is 5. The van der Waals surface area contributed by atoms with Gasteiger partial charge >= 0.3 is 0 Å². The van der Waals surface area contributed by atoms with Crippen LogP contribution in [0.2, 0.25) is 0 Å². The molecule has 79 valence electrons. The average Bonchev–Trinajstić information content (AvgIpc) is 2.14. The lowest BCUT2D eigenvalue weighted by molar-refractivity contribution is -0.116. The van der Waals surface area contributed by atoms with Crippen LogP contribution < -0.4 is 0 Å². The minimum absolute atomic E-state index is 0.233. The minimum Gasteiger partial charge on any atom is -0.394 e. The predicted molar refractivity (Wildman–Crippen MR) is 45.7 cm³/mol. The third-order valence-corrected chi connectivity index (χ3v) is 1.83. The smallest absolute Gasteiger partial charge is 0.110 e. The van der Waals surface area contributed by atoms with Crippen LogP contribution in [0.25, 0.3) is 0 Å². The first kappa shape index (κ1) is 12.8. The first-order chi connectivity index (χ1) is 6.04. The Kier molecular flexibility index (Phi) is 6.19. The molecule has 5 N–H and O–H groups in total. The fraction of sp³-hybridized carbons (Fsp3) is 0.875. The van der Waals surface area contributed by atoms with Gasteiger partial charge in [-0.15, -0.1) is 0 Å². The van der Waals surface area contributed by atoms with Crippen LogP contribution in [0.1, 0.15) is 12.8 Å². The van der Waals surface area contributed by atoms with Crippen LogP contribution in [0.5, 0.6) is 0 Å². The Morgan fingerprint density at radius 2 is 1.38 bits per heavy atom. The fourth-order valence-electron chi connectivity index (χ4n) is 0.943. The van der Waals surface area contributed by atoms with E-state index in [2.05, 4.69) is 6.92 Å². The highest BCUT2D eigenvalue weighted by Gasteiger charge is 2.29. The fourth-order valence-corrected chi connectivity index (χ4v) is 0.943. The molecule has 0 aliphatic rings. The van der Waals surface area contributed by atoms with Crippen molar-refractivity contribution in [2.45, 2.75) is 37.3 Å². The zero-order chi connectivity index (χ0) is 10.4. The summed E-state index contributed by atoms with van der Waals surface area (Å²) in [5, 5.41) is 44.9. The lowest BCUT2D eigenvalue weighted by Gasteiger charge is -2.25. The molecule has 0 aliphatic carbocycles. The van der Waals surface area contributed by atoms with E-state index in [1.165, 1.54) is 0 Å². The van der Waals surface area contributed by atoms with Gasteiger partial charge in [-0.1, -0.05) is 13.3 Å². The Morgan fingerprint density at radius 1 is 0.923 bits per heavy atom. The summed E-state index contributed by atoms with van der Waals surface area (Å²) in [6.45, 7) is 2.81. The highest BCUT2D eigenvalue weighted by Crippen LogP contribution is 2.08. The summed E-state index contributed by atoms with van der Waals surface area (Å²) < 4.78 is 0. The van der Waals surface area contributed by atoms with Gasteiger partial charge in [0.05, 0.1) is 12.7 Å². The van der Waals surface area contributed by atoms with E-state index in [0.717, 1.165) is 0 Å². The molecule has 0 fully saturated rings. The second-order valence-corrected chi connectivity index (χ2v) is 2.94. The maximum atomic E-state index is 9.22. The molecule has 5 nitrogen and oxygen atoms in total. The summed E-state index contributed by atoms with van der Waals surface area (Å²) in [6, 6.07) is 0. The van der Waals surface area contributed by atoms with E-state index in [0.29, 0.717) is 6.42 Å². The third kappa shape index (κ3) is 4.02. The molecule has 0 spiro atoms. The molecule has 0 heterocycles. The van der Waals surface area contributed by atoms with Gasteiger partial charge in [-0.05, 0) is 6.42 Å². The monoisotopic (exact) mass is 193 g/mol. The zero-order valence-corrected chi connectivity index (χ0v) is 7.37. The Hall–Kier alpha value is -0.200.